The Morgan fingerprint density at radius 3 is 2.59 bits per heavy atom. The van der Waals surface area contributed by atoms with Crippen LogP contribution in [0, 0.1) is 22.7 Å². The summed E-state index contributed by atoms with van der Waals surface area (Å²) in [4.78, 5) is 9.47. The van der Waals surface area contributed by atoms with E-state index in [1.807, 2.05) is 18.2 Å². The van der Waals surface area contributed by atoms with Crippen LogP contribution in [0.1, 0.15) is 16.0 Å². The predicted molar refractivity (Wildman–Crippen MR) is 113 cm³/mol. The first-order valence-electron chi connectivity index (χ1n) is 8.28. The minimum Gasteiger partial charge on any atom is -0.475 e. The molecule has 0 radical (unpaired) electrons. The van der Waals surface area contributed by atoms with E-state index in [4.69, 9.17) is 27.2 Å². The second kappa shape index (κ2) is 9.59. The van der Waals surface area contributed by atoms with Gasteiger partial charge < -0.3 is 15.6 Å². The van der Waals surface area contributed by atoms with Crippen molar-refractivity contribution in [3.63, 3.8) is 0 Å². The Labute approximate surface area is 180 Å². The average Bonchev–Trinajstić information content (AvgIpc) is 3.15. The maximum atomic E-state index is 9.80. The van der Waals surface area contributed by atoms with Gasteiger partial charge in [-0.05, 0) is 18.2 Å². The van der Waals surface area contributed by atoms with Crippen molar-refractivity contribution < 1.29 is 9.84 Å². The largest absolute Gasteiger partial charge is 0.475 e. The topological polar surface area (TPSA) is 129 Å². The van der Waals surface area contributed by atoms with Crippen molar-refractivity contribution in [2.45, 2.75) is 10.8 Å². The number of rotatable bonds is 7. The number of pyridine rings is 2. The number of thiophene rings is 1. The van der Waals surface area contributed by atoms with Gasteiger partial charge in [-0.15, -0.1) is 11.3 Å². The third-order valence-electron chi connectivity index (χ3n) is 3.76. The molecule has 3 rings (SSSR count). The fourth-order valence-corrected chi connectivity index (χ4v) is 4.65. The van der Waals surface area contributed by atoms with Crippen molar-refractivity contribution >= 4 is 40.5 Å². The van der Waals surface area contributed by atoms with Crippen molar-refractivity contribution in [2.75, 3.05) is 18.9 Å². The molecule has 3 aromatic rings. The molecule has 10 heteroatoms. The lowest BCUT2D eigenvalue weighted by Crippen LogP contribution is -2.05. The Morgan fingerprint density at radius 2 is 2.00 bits per heavy atom. The summed E-state index contributed by atoms with van der Waals surface area (Å²) in [5.41, 5.74) is 7.32. The third-order valence-corrected chi connectivity index (χ3v) is 6.20. The van der Waals surface area contributed by atoms with Gasteiger partial charge in [-0.3, -0.25) is 0 Å². The lowest BCUT2D eigenvalue weighted by molar-refractivity contribution is 0.196. The molecule has 146 valence electrons. The monoisotopic (exact) mass is 443 g/mol. The zero-order valence-electron chi connectivity index (χ0n) is 14.9. The van der Waals surface area contributed by atoms with Crippen LogP contribution in [-0.4, -0.2) is 28.3 Å². The van der Waals surface area contributed by atoms with Gasteiger partial charge in [0.2, 0.25) is 5.88 Å². The molecule has 0 aliphatic rings. The van der Waals surface area contributed by atoms with Crippen molar-refractivity contribution in [2.24, 2.45) is 0 Å². The number of nitriles is 2. The lowest BCUT2D eigenvalue weighted by atomic mass is 9.98. The van der Waals surface area contributed by atoms with Gasteiger partial charge in [-0.2, -0.15) is 10.5 Å². The van der Waals surface area contributed by atoms with Crippen LogP contribution < -0.4 is 10.5 Å². The van der Waals surface area contributed by atoms with Crippen molar-refractivity contribution in [1.82, 2.24) is 9.97 Å². The normalized spacial score (nSPS) is 10.3. The van der Waals surface area contributed by atoms with Crippen molar-refractivity contribution in [1.29, 1.82) is 10.5 Å². The number of nitrogen functional groups attached to an aromatic ring is 1. The van der Waals surface area contributed by atoms with E-state index < -0.39 is 0 Å². The number of aliphatic hydroxyl groups is 1. The Morgan fingerprint density at radius 1 is 1.21 bits per heavy atom. The molecule has 0 aliphatic heterocycles. The number of nitrogens with two attached hydrogens (primary N) is 1. The van der Waals surface area contributed by atoms with Crippen LogP contribution in [0.5, 0.6) is 5.88 Å². The number of halogens is 1. The smallest absolute Gasteiger partial charge is 0.213 e. The summed E-state index contributed by atoms with van der Waals surface area (Å²) in [6, 6.07) is 11.2. The summed E-state index contributed by atoms with van der Waals surface area (Å²) in [5.74, 6) is 0.940. The van der Waals surface area contributed by atoms with Crippen LogP contribution >= 0.6 is 34.7 Å². The van der Waals surface area contributed by atoms with E-state index in [-0.39, 0.29) is 30.2 Å². The highest BCUT2D eigenvalue weighted by Crippen LogP contribution is 2.37. The van der Waals surface area contributed by atoms with E-state index in [0.717, 1.165) is 4.88 Å². The average molecular weight is 444 g/mol. The Balaban J connectivity index is 2.01. The van der Waals surface area contributed by atoms with E-state index in [1.54, 1.807) is 12.1 Å². The summed E-state index contributed by atoms with van der Waals surface area (Å²) in [6.45, 7) is -0.00746. The minimum atomic E-state index is -0.127. The summed E-state index contributed by atoms with van der Waals surface area (Å²) >= 11 is 8.77. The zero-order chi connectivity index (χ0) is 20.8. The van der Waals surface area contributed by atoms with E-state index in [9.17, 15) is 10.5 Å². The van der Waals surface area contributed by atoms with Crippen LogP contribution in [0.2, 0.25) is 4.34 Å². The van der Waals surface area contributed by atoms with Gasteiger partial charge in [0, 0.05) is 34.0 Å². The van der Waals surface area contributed by atoms with Gasteiger partial charge in [0.25, 0.3) is 0 Å². The van der Waals surface area contributed by atoms with Crippen molar-refractivity contribution in [3.05, 3.63) is 50.8 Å². The first-order chi connectivity index (χ1) is 14.1. The quantitative estimate of drug-likeness (QED) is 0.527. The molecule has 0 aliphatic carbocycles. The van der Waals surface area contributed by atoms with Gasteiger partial charge in [-0.1, -0.05) is 23.4 Å². The standard InChI is InChI=1S/C19H14ClN5O2S2/c20-15-3-2-12(29-15)10-28-19-14(8-22)17(13(7-21)18(23)25-19)11-1-4-16(24-9-11)27-6-5-26/h1-4,9,26H,5-6,10H2,(H2,23,25). The molecule has 0 amide bonds. The molecule has 3 aromatic heterocycles. The van der Waals surface area contributed by atoms with Crippen LogP contribution in [0.25, 0.3) is 11.1 Å². The van der Waals surface area contributed by atoms with E-state index >= 15 is 0 Å². The predicted octanol–water partition coefficient (Wildman–Crippen LogP) is 3.85. The highest BCUT2D eigenvalue weighted by molar-refractivity contribution is 7.98. The van der Waals surface area contributed by atoms with Gasteiger partial charge in [0.15, 0.2) is 0 Å². The highest BCUT2D eigenvalue weighted by atomic mass is 35.5. The van der Waals surface area contributed by atoms with Gasteiger partial charge >= 0.3 is 0 Å². The Kier molecular flexibility index (Phi) is 6.91. The number of hydrogen-bond donors (Lipinski definition) is 2. The fraction of sp³-hybridized carbons (Fsp3) is 0.158. The van der Waals surface area contributed by atoms with Gasteiger partial charge in [-0.25, -0.2) is 9.97 Å². The second-order valence-electron chi connectivity index (χ2n) is 5.60. The van der Waals surface area contributed by atoms with E-state index in [2.05, 4.69) is 16.0 Å². The number of nitrogens with zero attached hydrogens (tertiary/aromatic N) is 4. The first kappa shape index (κ1) is 20.9. The number of ether oxygens (including phenoxy) is 1. The summed E-state index contributed by atoms with van der Waals surface area (Å²) in [6.07, 6.45) is 1.50. The number of anilines is 1. The summed E-state index contributed by atoms with van der Waals surface area (Å²) in [5, 5.41) is 28.7. The van der Waals surface area contributed by atoms with Crippen molar-refractivity contribution in [3.8, 4) is 29.1 Å². The molecule has 0 spiro atoms. The molecule has 3 heterocycles. The van der Waals surface area contributed by atoms with Crippen LogP contribution in [0.3, 0.4) is 0 Å². The van der Waals surface area contributed by atoms with E-state index in [0.29, 0.717) is 32.1 Å². The third kappa shape index (κ3) is 4.78. The first-order valence-corrected chi connectivity index (χ1v) is 10.5. The zero-order valence-corrected chi connectivity index (χ0v) is 17.3. The number of aliphatic hydroxyl groups excluding tert-OH is 1. The molecule has 0 saturated carbocycles. The molecule has 0 fully saturated rings. The Bertz CT molecular complexity index is 1100. The maximum Gasteiger partial charge on any atom is 0.213 e. The SMILES string of the molecule is N#Cc1c(N)nc(SCc2ccc(Cl)s2)c(C#N)c1-c1ccc(OCCO)nc1. The van der Waals surface area contributed by atoms with Crippen LogP contribution in [-0.2, 0) is 5.75 Å². The summed E-state index contributed by atoms with van der Waals surface area (Å²) < 4.78 is 5.94. The second-order valence-corrected chi connectivity index (χ2v) is 8.37. The molecule has 0 atom stereocenters. The molecule has 0 aromatic carbocycles. The molecular weight excluding hydrogens is 430 g/mol. The summed E-state index contributed by atoms with van der Waals surface area (Å²) in [7, 11) is 0. The number of hydrogen-bond acceptors (Lipinski definition) is 9. The molecular formula is C19H14ClN5O2S2. The van der Waals surface area contributed by atoms with Crippen LogP contribution in [0.15, 0.2) is 35.5 Å². The Hall–Kier alpha value is -2.82. The fourth-order valence-electron chi connectivity index (χ4n) is 2.52. The van der Waals surface area contributed by atoms with Gasteiger partial charge in [0.05, 0.1) is 16.5 Å². The molecule has 29 heavy (non-hydrogen) atoms. The molecule has 7 nitrogen and oxygen atoms in total. The van der Waals surface area contributed by atoms with Gasteiger partial charge in [0.1, 0.15) is 35.2 Å². The number of thioether (sulfide) groups is 1. The molecule has 0 saturated heterocycles. The van der Waals surface area contributed by atoms with Crippen LogP contribution in [0.4, 0.5) is 5.82 Å². The molecule has 0 bridgehead atoms. The molecule has 3 N–H and O–H groups in total. The molecule has 0 unspecified atom stereocenters. The number of aromatic nitrogens is 2. The minimum absolute atomic E-state index is 0.0498. The maximum absolute atomic E-state index is 9.80. The highest BCUT2D eigenvalue weighted by Gasteiger charge is 2.21. The van der Waals surface area contributed by atoms with E-state index in [1.165, 1.54) is 29.3 Å². The lowest BCUT2D eigenvalue weighted by Gasteiger charge is -2.13.